The van der Waals surface area contributed by atoms with Gasteiger partial charge in [0.25, 0.3) is 0 Å². The van der Waals surface area contributed by atoms with Crippen molar-refractivity contribution in [2.75, 3.05) is 7.11 Å². The van der Waals surface area contributed by atoms with Gasteiger partial charge in [-0.1, -0.05) is 0 Å². The Bertz CT molecular complexity index is 562. The zero-order valence-corrected chi connectivity index (χ0v) is 13.2. The highest BCUT2D eigenvalue weighted by Gasteiger charge is 2.30. The van der Waals surface area contributed by atoms with Crippen molar-refractivity contribution >= 4 is 17.5 Å². The van der Waals surface area contributed by atoms with Crippen molar-refractivity contribution < 1.29 is 9.94 Å². The number of thioether (sulfide) groups is 1. The summed E-state index contributed by atoms with van der Waals surface area (Å²) in [6.07, 6.45) is 2.14. The minimum atomic E-state index is -0.00548. The highest BCUT2D eigenvalue weighted by molar-refractivity contribution is 8.01. The van der Waals surface area contributed by atoms with Crippen molar-refractivity contribution in [1.29, 1.82) is 0 Å². The van der Waals surface area contributed by atoms with Crippen LogP contribution in [0.5, 0.6) is 5.75 Å². The second kappa shape index (κ2) is 4.76. The van der Waals surface area contributed by atoms with Gasteiger partial charge in [0.05, 0.1) is 12.8 Å². The topological polar surface area (TPSA) is 41.5 Å². The first-order valence-electron chi connectivity index (χ1n) is 6.32. The summed E-state index contributed by atoms with van der Waals surface area (Å²) in [4.78, 5) is 6.31. The zero-order chi connectivity index (χ0) is 14.4. The molecule has 0 bridgehead atoms. The molecule has 0 unspecified atom stereocenters. The summed E-state index contributed by atoms with van der Waals surface area (Å²) in [5.74, 6) is 0.375. The molecule has 1 aliphatic rings. The lowest BCUT2D eigenvalue weighted by molar-refractivity contribution is 0.136. The fourth-order valence-corrected chi connectivity index (χ4v) is 3.83. The molecule has 0 radical (unpaired) electrons. The van der Waals surface area contributed by atoms with Gasteiger partial charge in [-0.15, -0.1) is 11.8 Å². The number of phenols is 1. The third-order valence-corrected chi connectivity index (χ3v) is 4.91. The van der Waals surface area contributed by atoms with Gasteiger partial charge < -0.3 is 5.11 Å². The maximum atomic E-state index is 10.3. The Labute approximate surface area is 119 Å². The van der Waals surface area contributed by atoms with E-state index in [-0.39, 0.29) is 4.75 Å². The van der Waals surface area contributed by atoms with E-state index in [2.05, 4.69) is 32.3 Å². The minimum absolute atomic E-state index is 0.00548. The molecule has 0 saturated carbocycles. The highest BCUT2D eigenvalue weighted by Crippen LogP contribution is 2.49. The predicted octanol–water partition coefficient (Wildman–Crippen LogP) is 3.69. The number of hydrogen-bond acceptors (Lipinski definition) is 4. The van der Waals surface area contributed by atoms with Crippen LogP contribution >= 0.6 is 11.8 Å². The first kappa shape index (κ1) is 14.3. The molecule has 0 atom stereocenters. The Morgan fingerprint density at radius 1 is 1.16 bits per heavy atom. The molecule has 2 N–H and O–H groups in total. The quantitative estimate of drug-likeness (QED) is 0.810. The molecule has 0 aromatic heterocycles. The van der Waals surface area contributed by atoms with Crippen molar-refractivity contribution in [3.8, 4) is 5.75 Å². The second-order valence-corrected chi connectivity index (χ2v) is 7.16. The molecule has 1 aliphatic heterocycles. The van der Waals surface area contributed by atoms with Crippen molar-refractivity contribution in [2.24, 2.45) is 0 Å². The molecule has 4 heteroatoms. The summed E-state index contributed by atoms with van der Waals surface area (Å²) in [5.41, 5.74) is 7.92. The van der Waals surface area contributed by atoms with Gasteiger partial charge in [0, 0.05) is 20.8 Å². The lowest BCUT2D eigenvalue weighted by atomic mass is 9.95. The normalized spacial score (nSPS) is 16.8. The molecule has 1 aromatic rings. The van der Waals surface area contributed by atoms with Gasteiger partial charge >= 0.3 is 0 Å². The van der Waals surface area contributed by atoms with Gasteiger partial charge in [0.2, 0.25) is 0 Å². The third kappa shape index (κ3) is 2.35. The van der Waals surface area contributed by atoms with Gasteiger partial charge in [0.15, 0.2) is 0 Å². The van der Waals surface area contributed by atoms with E-state index in [1.165, 1.54) is 4.90 Å². The predicted molar refractivity (Wildman–Crippen MR) is 80.4 cm³/mol. The number of hydroxylamine groups is 1. The summed E-state index contributed by atoms with van der Waals surface area (Å²) in [6, 6.07) is 0. The van der Waals surface area contributed by atoms with E-state index in [9.17, 15) is 5.11 Å². The Morgan fingerprint density at radius 3 is 2.37 bits per heavy atom. The van der Waals surface area contributed by atoms with E-state index < -0.39 is 0 Å². The van der Waals surface area contributed by atoms with Gasteiger partial charge in [-0.3, -0.25) is 10.3 Å². The van der Waals surface area contributed by atoms with Crippen LogP contribution in [0.25, 0.3) is 5.70 Å². The van der Waals surface area contributed by atoms with Crippen molar-refractivity contribution in [3.63, 3.8) is 0 Å². The average Bonchev–Trinajstić information content (AvgIpc) is 2.32. The number of nitrogens with one attached hydrogen (secondary N) is 1. The molecule has 1 heterocycles. The van der Waals surface area contributed by atoms with E-state index in [0.717, 1.165) is 28.0 Å². The lowest BCUT2D eigenvalue weighted by Crippen LogP contribution is -2.23. The number of benzene rings is 1. The van der Waals surface area contributed by atoms with Crippen LogP contribution in [0.4, 0.5) is 0 Å². The molecular formula is C15H21NO2S. The summed E-state index contributed by atoms with van der Waals surface area (Å²) in [6.45, 7) is 10.3. The number of aromatic hydroxyl groups is 1. The zero-order valence-electron chi connectivity index (χ0n) is 12.3. The first-order chi connectivity index (χ1) is 8.78. The van der Waals surface area contributed by atoms with Crippen LogP contribution in [-0.2, 0) is 4.84 Å². The fourth-order valence-electron chi connectivity index (χ4n) is 2.46. The molecule has 1 aromatic carbocycles. The summed E-state index contributed by atoms with van der Waals surface area (Å²) < 4.78 is -0.00548. The summed E-state index contributed by atoms with van der Waals surface area (Å²) in [5, 5.41) is 10.3. The van der Waals surface area contributed by atoms with Gasteiger partial charge in [-0.2, -0.15) is 0 Å². The van der Waals surface area contributed by atoms with Gasteiger partial charge in [0.1, 0.15) is 5.75 Å². The van der Waals surface area contributed by atoms with E-state index in [1.807, 2.05) is 25.6 Å². The van der Waals surface area contributed by atoms with Gasteiger partial charge in [-0.05, 0) is 51.8 Å². The molecule has 2 rings (SSSR count). The van der Waals surface area contributed by atoms with E-state index in [0.29, 0.717) is 5.75 Å². The number of phenolic OH excluding ortho intramolecular Hbond substituents is 1. The monoisotopic (exact) mass is 279 g/mol. The van der Waals surface area contributed by atoms with Crippen LogP contribution in [0.15, 0.2) is 11.0 Å². The lowest BCUT2D eigenvalue weighted by Gasteiger charge is -2.32. The molecule has 0 spiro atoms. The second-order valence-electron chi connectivity index (χ2n) is 5.50. The first-order valence-corrected chi connectivity index (χ1v) is 7.14. The van der Waals surface area contributed by atoms with E-state index in [4.69, 9.17) is 4.84 Å². The fraction of sp³-hybridized carbons (Fsp3) is 0.467. The Balaban J connectivity index is 2.75. The Morgan fingerprint density at radius 2 is 1.79 bits per heavy atom. The number of hydrogen-bond donors (Lipinski definition) is 2. The number of fused-ring (bicyclic) bond motifs is 1. The molecule has 3 nitrogen and oxygen atoms in total. The largest absolute Gasteiger partial charge is 0.507 e. The van der Waals surface area contributed by atoms with Crippen molar-refractivity contribution in [3.05, 3.63) is 28.3 Å². The van der Waals surface area contributed by atoms with Crippen LogP contribution in [-0.4, -0.2) is 17.0 Å². The molecule has 0 saturated heterocycles. The molecular weight excluding hydrogens is 258 g/mol. The van der Waals surface area contributed by atoms with Crippen LogP contribution in [0, 0.1) is 20.8 Å². The molecule has 104 valence electrons. The van der Waals surface area contributed by atoms with Crippen LogP contribution < -0.4 is 5.48 Å². The van der Waals surface area contributed by atoms with Crippen molar-refractivity contribution in [1.82, 2.24) is 5.48 Å². The minimum Gasteiger partial charge on any atom is -0.507 e. The smallest absolute Gasteiger partial charge is 0.122 e. The average molecular weight is 279 g/mol. The molecule has 19 heavy (non-hydrogen) atoms. The van der Waals surface area contributed by atoms with Gasteiger partial charge in [-0.25, -0.2) is 0 Å². The Hall–Kier alpha value is -1.13. The van der Waals surface area contributed by atoms with Crippen LogP contribution in [0.2, 0.25) is 0 Å². The molecule has 0 amide bonds. The van der Waals surface area contributed by atoms with Crippen molar-refractivity contribution in [2.45, 2.75) is 44.3 Å². The Kier molecular flexibility index (Phi) is 3.58. The maximum Gasteiger partial charge on any atom is 0.122 e. The summed E-state index contributed by atoms with van der Waals surface area (Å²) >= 11 is 1.82. The molecule has 0 fully saturated rings. The van der Waals surface area contributed by atoms with Crippen LogP contribution in [0.1, 0.15) is 36.1 Å². The van der Waals surface area contributed by atoms with E-state index in [1.54, 1.807) is 7.11 Å². The molecule has 0 aliphatic carbocycles. The summed E-state index contributed by atoms with van der Waals surface area (Å²) in [7, 11) is 1.60. The highest BCUT2D eigenvalue weighted by atomic mass is 32.2. The van der Waals surface area contributed by atoms with Crippen LogP contribution in [0.3, 0.4) is 0 Å². The maximum absolute atomic E-state index is 10.3. The number of rotatable bonds is 2. The third-order valence-electron chi connectivity index (χ3n) is 3.55. The standard InChI is InChI=1S/C15H21NO2S/c1-8-9(2)14-12(10(3)13(8)17)11(16-18-6)7-15(4,5)19-14/h7,16-17H,1-6H3. The van der Waals surface area contributed by atoms with E-state index >= 15 is 0 Å². The SMILES string of the molecule is CONC1=CC(C)(C)Sc2c(C)c(C)c(O)c(C)c21.